The molecule has 0 aliphatic carbocycles. The molecule has 0 aliphatic heterocycles. The van der Waals surface area contributed by atoms with Crippen LogP contribution in [0.5, 0.6) is 0 Å². The maximum absolute atomic E-state index is 12.0. The lowest BCUT2D eigenvalue weighted by molar-refractivity contribution is -0.139. The van der Waals surface area contributed by atoms with Crippen molar-refractivity contribution in [3.63, 3.8) is 0 Å². The van der Waals surface area contributed by atoms with Crippen molar-refractivity contribution in [1.82, 2.24) is 10.3 Å². The topological polar surface area (TPSA) is 24.9 Å². The van der Waals surface area contributed by atoms with E-state index in [-0.39, 0.29) is 0 Å². The van der Waals surface area contributed by atoms with Gasteiger partial charge in [0.15, 0.2) is 0 Å². The average Bonchev–Trinajstić information content (AvgIpc) is 2.14. The van der Waals surface area contributed by atoms with E-state index in [9.17, 15) is 13.2 Å². The number of alkyl halides is 3. The molecule has 1 atom stereocenters. The predicted molar refractivity (Wildman–Crippen MR) is 56.2 cm³/mol. The Morgan fingerprint density at radius 3 is 2.75 bits per heavy atom. The summed E-state index contributed by atoms with van der Waals surface area (Å²) in [6.07, 6.45) is -1.98. The van der Waals surface area contributed by atoms with Crippen molar-refractivity contribution in [2.24, 2.45) is 0 Å². The van der Waals surface area contributed by atoms with E-state index in [2.05, 4.69) is 10.3 Å². The fourth-order valence-corrected chi connectivity index (χ4v) is 1.44. The standard InChI is InChI=1S/C10H12ClF3N2/c1-7(4-10(12,13)14)16-5-8-2-3-15-6-9(8)11/h2-3,6-7,16H,4-5H2,1H3. The van der Waals surface area contributed by atoms with Crippen molar-refractivity contribution in [2.75, 3.05) is 0 Å². The molecule has 1 N–H and O–H groups in total. The molecule has 1 heterocycles. The van der Waals surface area contributed by atoms with Crippen molar-refractivity contribution in [1.29, 1.82) is 0 Å². The third-order valence-electron chi connectivity index (χ3n) is 2.04. The van der Waals surface area contributed by atoms with Gasteiger partial charge < -0.3 is 5.32 Å². The minimum atomic E-state index is -4.14. The van der Waals surface area contributed by atoms with E-state index in [1.807, 2.05) is 0 Å². The van der Waals surface area contributed by atoms with Gasteiger partial charge >= 0.3 is 6.18 Å². The highest BCUT2D eigenvalue weighted by Crippen LogP contribution is 2.21. The number of hydrogen-bond donors (Lipinski definition) is 1. The van der Waals surface area contributed by atoms with Gasteiger partial charge in [-0.2, -0.15) is 13.2 Å². The SMILES string of the molecule is CC(CC(F)(F)F)NCc1ccncc1Cl. The number of hydrogen-bond acceptors (Lipinski definition) is 2. The Kier molecular flexibility index (Phi) is 4.56. The van der Waals surface area contributed by atoms with E-state index >= 15 is 0 Å². The molecule has 16 heavy (non-hydrogen) atoms. The van der Waals surface area contributed by atoms with Crippen LogP contribution >= 0.6 is 11.6 Å². The number of aromatic nitrogens is 1. The summed E-state index contributed by atoms with van der Waals surface area (Å²) in [6, 6.07) is 1.04. The van der Waals surface area contributed by atoms with Gasteiger partial charge in [-0.1, -0.05) is 11.6 Å². The number of rotatable bonds is 4. The molecule has 0 amide bonds. The quantitative estimate of drug-likeness (QED) is 0.890. The van der Waals surface area contributed by atoms with Gasteiger partial charge in [0.2, 0.25) is 0 Å². The molecule has 0 aromatic carbocycles. The van der Waals surface area contributed by atoms with E-state index in [0.717, 1.165) is 5.56 Å². The molecule has 0 aliphatic rings. The van der Waals surface area contributed by atoms with E-state index in [4.69, 9.17) is 11.6 Å². The monoisotopic (exact) mass is 252 g/mol. The van der Waals surface area contributed by atoms with Crippen LogP contribution in [0.1, 0.15) is 18.9 Å². The maximum Gasteiger partial charge on any atom is 0.390 e. The van der Waals surface area contributed by atoms with Crippen molar-refractivity contribution < 1.29 is 13.2 Å². The Labute approximate surface area is 96.8 Å². The van der Waals surface area contributed by atoms with Crippen LogP contribution in [0.2, 0.25) is 5.02 Å². The summed E-state index contributed by atoms with van der Waals surface area (Å²) in [4.78, 5) is 3.79. The lowest BCUT2D eigenvalue weighted by Gasteiger charge is -2.16. The van der Waals surface area contributed by atoms with Crippen molar-refractivity contribution >= 4 is 11.6 Å². The fraction of sp³-hybridized carbons (Fsp3) is 0.500. The van der Waals surface area contributed by atoms with Crippen molar-refractivity contribution in [2.45, 2.75) is 32.1 Å². The highest BCUT2D eigenvalue weighted by atomic mass is 35.5. The van der Waals surface area contributed by atoms with Crippen LogP contribution in [0, 0.1) is 0 Å². The molecule has 0 radical (unpaired) electrons. The molecule has 0 saturated heterocycles. The first-order chi connectivity index (χ1) is 7.38. The molecule has 0 spiro atoms. The predicted octanol–water partition coefficient (Wildman–Crippen LogP) is 3.17. The molecule has 1 unspecified atom stereocenters. The first kappa shape index (κ1) is 13.3. The number of nitrogens with zero attached hydrogens (tertiary/aromatic N) is 1. The Morgan fingerprint density at radius 1 is 1.50 bits per heavy atom. The van der Waals surface area contributed by atoms with E-state index < -0.39 is 18.6 Å². The summed E-state index contributed by atoms with van der Waals surface area (Å²) in [7, 11) is 0. The first-order valence-electron chi connectivity index (χ1n) is 4.77. The van der Waals surface area contributed by atoms with Gasteiger partial charge in [0, 0.05) is 25.0 Å². The summed E-state index contributed by atoms with van der Waals surface area (Å²) < 4.78 is 36.1. The molecule has 2 nitrogen and oxygen atoms in total. The van der Waals surface area contributed by atoms with Crippen LogP contribution in [0.4, 0.5) is 13.2 Å². The summed E-state index contributed by atoms with van der Waals surface area (Å²) in [5, 5.41) is 3.22. The van der Waals surface area contributed by atoms with Crippen LogP contribution in [-0.2, 0) is 6.54 Å². The van der Waals surface area contributed by atoms with Crippen LogP contribution in [0.3, 0.4) is 0 Å². The normalized spacial score (nSPS) is 13.8. The zero-order valence-electron chi connectivity index (χ0n) is 8.68. The fourth-order valence-electron chi connectivity index (χ4n) is 1.25. The van der Waals surface area contributed by atoms with Crippen molar-refractivity contribution in [3.05, 3.63) is 29.0 Å². The molecule has 0 saturated carbocycles. The van der Waals surface area contributed by atoms with E-state index in [1.54, 1.807) is 12.3 Å². The minimum absolute atomic E-state index is 0.304. The van der Waals surface area contributed by atoms with Crippen LogP contribution in [-0.4, -0.2) is 17.2 Å². The van der Waals surface area contributed by atoms with Gasteiger partial charge in [-0.3, -0.25) is 4.98 Å². The zero-order chi connectivity index (χ0) is 12.2. The molecule has 1 aromatic heterocycles. The number of pyridine rings is 1. The Balaban J connectivity index is 2.43. The minimum Gasteiger partial charge on any atom is -0.310 e. The molecule has 0 fully saturated rings. The molecular weight excluding hydrogens is 241 g/mol. The molecule has 0 bridgehead atoms. The van der Waals surface area contributed by atoms with Gasteiger partial charge in [0.1, 0.15) is 0 Å². The summed E-state index contributed by atoms with van der Waals surface area (Å²) in [5.41, 5.74) is 0.741. The highest BCUT2D eigenvalue weighted by Gasteiger charge is 2.29. The lowest BCUT2D eigenvalue weighted by atomic mass is 10.2. The van der Waals surface area contributed by atoms with Crippen LogP contribution in [0.15, 0.2) is 18.5 Å². The Bertz CT molecular complexity index is 341. The molecule has 90 valence electrons. The van der Waals surface area contributed by atoms with E-state index in [1.165, 1.54) is 13.1 Å². The van der Waals surface area contributed by atoms with E-state index in [0.29, 0.717) is 11.6 Å². The molecule has 6 heteroatoms. The second-order valence-corrected chi connectivity index (χ2v) is 3.98. The van der Waals surface area contributed by atoms with Gasteiger partial charge in [-0.25, -0.2) is 0 Å². The summed E-state index contributed by atoms with van der Waals surface area (Å²) in [6.45, 7) is 1.79. The van der Waals surface area contributed by atoms with Crippen LogP contribution < -0.4 is 5.32 Å². The van der Waals surface area contributed by atoms with Gasteiger partial charge in [-0.15, -0.1) is 0 Å². The van der Waals surface area contributed by atoms with Gasteiger partial charge in [0.05, 0.1) is 11.4 Å². The smallest absolute Gasteiger partial charge is 0.310 e. The Hall–Kier alpha value is -0.810. The summed E-state index contributed by atoms with van der Waals surface area (Å²) >= 11 is 5.82. The Morgan fingerprint density at radius 2 is 2.19 bits per heavy atom. The zero-order valence-corrected chi connectivity index (χ0v) is 9.44. The largest absolute Gasteiger partial charge is 0.390 e. The third-order valence-corrected chi connectivity index (χ3v) is 2.38. The van der Waals surface area contributed by atoms with Crippen molar-refractivity contribution in [3.8, 4) is 0 Å². The molecule has 1 aromatic rings. The van der Waals surface area contributed by atoms with Gasteiger partial charge in [0.25, 0.3) is 0 Å². The average molecular weight is 253 g/mol. The second-order valence-electron chi connectivity index (χ2n) is 3.57. The van der Waals surface area contributed by atoms with Crippen LogP contribution in [0.25, 0.3) is 0 Å². The molecule has 1 rings (SSSR count). The summed E-state index contributed by atoms with van der Waals surface area (Å²) in [5.74, 6) is 0. The third kappa shape index (κ3) is 4.81. The highest BCUT2D eigenvalue weighted by molar-refractivity contribution is 6.31. The molecular formula is C10H12ClF3N2. The first-order valence-corrected chi connectivity index (χ1v) is 5.15. The number of halogens is 4. The number of nitrogens with one attached hydrogen (secondary N) is 1. The maximum atomic E-state index is 12.0. The second kappa shape index (κ2) is 5.50. The lowest BCUT2D eigenvalue weighted by Crippen LogP contribution is -2.30. The van der Waals surface area contributed by atoms with Gasteiger partial charge in [-0.05, 0) is 18.6 Å².